The van der Waals surface area contributed by atoms with Crippen LogP contribution in [0.4, 0.5) is 11.8 Å². The lowest BCUT2D eigenvalue weighted by Gasteiger charge is -2.31. The van der Waals surface area contributed by atoms with Gasteiger partial charge < -0.3 is 20.1 Å². The lowest BCUT2D eigenvalue weighted by Crippen LogP contribution is -2.44. The van der Waals surface area contributed by atoms with Gasteiger partial charge in [-0.05, 0) is 24.3 Å². The molecule has 0 bridgehead atoms. The second-order valence-electron chi connectivity index (χ2n) is 4.66. The molecule has 7 heteroatoms. The molecule has 100 valence electrons. The normalized spacial score (nSPS) is 16.8. The smallest absolute Gasteiger partial charge is 0.266 e. The van der Waals surface area contributed by atoms with Crippen molar-refractivity contribution in [2.24, 2.45) is 0 Å². The highest BCUT2D eigenvalue weighted by molar-refractivity contribution is 5.57. The van der Waals surface area contributed by atoms with Crippen molar-refractivity contribution in [1.29, 1.82) is 0 Å². The maximum absolute atomic E-state index is 5.64. The van der Waals surface area contributed by atoms with E-state index in [1.807, 2.05) is 0 Å². The van der Waals surface area contributed by atoms with Crippen LogP contribution >= 0.6 is 0 Å². The van der Waals surface area contributed by atoms with Crippen LogP contribution in [0, 0.1) is 0 Å². The molecule has 3 rings (SSSR count). The van der Waals surface area contributed by atoms with Crippen molar-refractivity contribution < 1.29 is 4.52 Å². The molecule has 0 saturated carbocycles. The van der Waals surface area contributed by atoms with Crippen LogP contribution in [-0.2, 0) is 0 Å². The Labute approximate surface area is 111 Å². The zero-order valence-electron chi connectivity index (χ0n) is 10.8. The number of nitrogens with zero attached hydrogens (tertiary/aromatic N) is 5. The third-order valence-electron chi connectivity index (χ3n) is 3.23. The Morgan fingerprint density at radius 1 is 1.26 bits per heavy atom. The molecule has 1 fully saturated rings. The van der Waals surface area contributed by atoms with Crippen molar-refractivity contribution >= 4 is 11.8 Å². The van der Waals surface area contributed by atoms with E-state index in [9.17, 15) is 0 Å². The Kier molecular flexibility index (Phi) is 3.04. The molecule has 0 radical (unpaired) electrons. The molecule has 1 saturated heterocycles. The van der Waals surface area contributed by atoms with Gasteiger partial charge >= 0.3 is 0 Å². The zero-order valence-corrected chi connectivity index (χ0v) is 10.8. The van der Waals surface area contributed by atoms with Crippen LogP contribution in [0.15, 0.2) is 22.9 Å². The lowest BCUT2D eigenvalue weighted by atomic mass is 10.2. The molecule has 19 heavy (non-hydrogen) atoms. The van der Waals surface area contributed by atoms with Gasteiger partial charge in [0.05, 0.1) is 0 Å². The van der Waals surface area contributed by atoms with Gasteiger partial charge in [0.15, 0.2) is 0 Å². The molecule has 0 spiro atoms. The number of pyridine rings is 1. The average Bonchev–Trinajstić information content (AvgIpc) is 2.89. The highest BCUT2D eigenvalue weighted by Crippen LogP contribution is 2.21. The fraction of sp³-hybridized carbons (Fsp3) is 0.417. The summed E-state index contributed by atoms with van der Waals surface area (Å²) < 4.78 is 5.29. The minimum Gasteiger partial charge on any atom is -0.384 e. The minimum absolute atomic E-state index is 0.442. The summed E-state index contributed by atoms with van der Waals surface area (Å²) in [4.78, 5) is 12.8. The van der Waals surface area contributed by atoms with Gasteiger partial charge in [0, 0.05) is 37.9 Å². The third kappa shape index (κ3) is 2.50. The van der Waals surface area contributed by atoms with E-state index in [0.717, 1.165) is 31.7 Å². The van der Waals surface area contributed by atoms with E-state index < -0.39 is 0 Å². The van der Waals surface area contributed by atoms with Gasteiger partial charge in [0.2, 0.25) is 0 Å². The molecule has 0 aliphatic carbocycles. The van der Waals surface area contributed by atoms with E-state index in [4.69, 9.17) is 10.3 Å². The van der Waals surface area contributed by atoms with Crippen LogP contribution in [0.25, 0.3) is 11.5 Å². The first kappa shape index (κ1) is 11.9. The summed E-state index contributed by atoms with van der Waals surface area (Å²) in [6.45, 7) is 3.83. The molecule has 0 unspecified atom stereocenters. The molecular weight excluding hydrogens is 244 g/mol. The van der Waals surface area contributed by atoms with Gasteiger partial charge in [-0.1, -0.05) is 0 Å². The number of aromatic nitrogens is 3. The van der Waals surface area contributed by atoms with E-state index >= 15 is 0 Å². The van der Waals surface area contributed by atoms with Crippen LogP contribution < -0.4 is 10.6 Å². The summed E-state index contributed by atoms with van der Waals surface area (Å²) in [5.74, 6) is 1.55. The number of hydrogen-bond acceptors (Lipinski definition) is 7. The summed E-state index contributed by atoms with van der Waals surface area (Å²) in [6, 6.07) is 3.53. The minimum atomic E-state index is 0.442. The maximum atomic E-state index is 5.64. The Bertz CT molecular complexity index is 561. The zero-order chi connectivity index (χ0) is 13.2. The molecule has 7 nitrogen and oxygen atoms in total. The lowest BCUT2D eigenvalue weighted by molar-refractivity contribution is 0.309. The fourth-order valence-corrected chi connectivity index (χ4v) is 2.05. The molecule has 2 aromatic heterocycles. The molecular formula is C12H16N6O. The van der Waals surface area contributed by atoms with Crippen molar-refractivity contribution in [1.82, 2.24) is 20.0 Å². The number of likely N-dealkylation sites (N-methyl/N-ethyl adjacent to an activating group) is 1. The first-order valence-corrected chi connectivity index (χ1v) is 6.21. The standard InChI is InChI=1S/C12H16N6O/c1-17-4-6-18(7-5-17)12-15-11(19-16-12)9-2-3-14-10(13)8-9/h2-3,8H,4-7H2,1H3,(H2,13,14). The quantitative estimate of drug-likeness (QED) is 0.839. The molecule has 0 amide bonds. The van der Waals surface area contributed by atoms with E-state index in [1.54, 1.807) is 18.3 Å². The second kappa shape index (κ2) is 4.85. The Balaban J connectivity index is 1.80. The SMILES string of the molecule is CN1CCN(c2noc(-c3ccnc(N)c3)n2)CC1. The summed E-state index contributed by atoms with van der Waals surface area (Å²) in [5, 5.41) is 4.03. The van der Waals surface area contributed by atoms with Gasteiger partial charge in [0.1, 0.15) is 5.82 Å². The molecule has 2 aromatic rings. The molecule has 0 atom stereocenters. The van der Waals surface area contributed by atoms with Crippen LogP contribution in [0.1, 0.15) is 0 Å². The van der Waals surface area contributed by atoms with Crippen LogP contribution in [0.2, 0.25) is 0 Å². The van der Waals surface area contributed by atoms with Gasteiger partial charge in [-0.2, -0.15) is 4.98 Å². The van der Waals surface area contributed by atoms with Crippen LogP contribution in [0.3, 0.4) is 0 Å². The third-order valence-corrected chi connectivity index (χ3v) is 3.23. The number of nitrogens with two attached hydrogens (primary N) is 1. The van der Waals surface area contributed by atoms with E-state index in [2.05, 4.69) is 32.0 Å². The topological polar surface area (TPSA) is 84.3 Å². The van der Waals surface area contributed by atoms with E-state index in [0.29, 0.717) is 17.7 Å². The Hall–Kier alpha value is -2.15. The molecule has 2 N–H and O–H groups in total. The first-order valence-electron chi connectivity index (χ1n) is 6.21. The molecule has 0 aromatic carbocycles. The predicted octanol–water partition coefficient (Wildman–Crippen LogP) is 0.466. The summed E-state index contributed by atoms with van der Waals surface area (Å²) in [5.41, 5.74) is 6.44. The monoisotopic (exact) mass is 260 g/mol. The van der Waals surface area contributed by atoms with E-state index in [-0.39, 0.29) is 0 Å². The maximum Gasteiger partial charge on any atom is 0.266 e. The molecule has 1 aliphatic rings. The van der Waals surface area contributed by atoms with Crippen molar-refractivity contribution in [3.05, 3.63) is 18.3 Å². The predicted molar refractivity (Wildman–Crippen MR) is 71.7 cm³/mol. The highest BCUT2D eigenvalue weighted by Gasteiger charge is 2.19. The number of rotatable bonds is 2. The van der Waals surface area contributed by atoms with Gasteiger partial charge in [-0.25, -0.2) is 4.98 Å². The van der Waals surface area contributed by atoms with Gasteiger partial charge in [0.25, 0.3) is 11.8 Å². The first-order chi connectivity index (χ1) is 9.22. The van der Waals surface area contributed by atoms with Crippen LogP contribution in [0.5, 0.6) is 0 Å². The Morgan fingerprint density at radius 3 is 2.79 bits per heavy atom. The van der Waals surface area contributed by atoms with E-state index in [1.165, 1.54) is 0 Å². The molecule has 1 aliphatic heterocycles. The van der Waals surface area contributed by atoms with Gasteiger partial charge in [-0.15, -0.1) is 0 Å². The van der Waals surface area contributed by atoms with Crippen LogP contribution in [-0.4, -0.2) is 53.3 Å². The number of anilines is 2. The Morgan fingerprint density at radius 2 is 2.05 bits per heavy atom. The van der Waals surface area contributed by atoms with Crippen molar-refractivity contribution in [3.8, 4) is 11.5 Å². The molecule has 3 heterocycles. The average molecular weight is 260 g/mol. The summed E-state index contributed by atoms with van der Waals surface area (Å²) in [7, 11) is 2.11. The second-order valence-corrected chi connectivity index (χ2v) is 4.66. The van der Waals surface area contributed by atoms with Gasteiger partial charge in [-0.3, -0.25) is 0 Å². The highest BCUT2D eigenvalue weighted by atomic mass is 16.5. The fourth-order valence-electron chi connectivity index (χ4n) is 2.05. The summed E-state index contributed by atoms with van der Waals surface area (Å²) >= 11 is 0. The van der Waals surface area contributed by atoms with Crippen molar-refractivity contribution in [3.63, 3.8) is 0 Å². The van der Waals surface area contributed by atoms with Crippen molar-refractivity contribution in [2.75, 3.05) is 43.9 Å². The summed E-state index contributed by atoms with van der Waals surface area (Å²) in [6.07, 6.45) is 1.63. The number of hydrogen-bond donors (Lipinski definition) is 1. The number of nitrogen functional groups attached to an aromatic ring is 1. The van der Waals surface area contributed by atoms with Crippen molar-refractivity contribution in [2.45, 2.75) is 0 Å². The largest absolute Gasteiger partial charge is 0.384 e. The number of piperazine rings is 1.